The molecule has 3 aromatic rings. The molecule has 1 N–H and O–H groups in total. The summed E-state index contributed by atoms with van der Waals surface area (Å²) in [5.74, 6) is 0.291. The van der Waals surface area contributed by atoms with Gasteiger partial charge in [-0.1, -0.05) is 48.0 Å². The highest BCUT2D eigenvalue weighted by Crippen LogP contribution is 2.23. The molecule has 3 nitrogen and oxygen atoms in total. The van der Waals surface area contributed by atoms with Crippen molar-refractivity contribution in [3.63, 3.8) is 0 Å². The first kappa shape index (κ1) is 19.2. The Bertz CT molecular complexity index is 927. The van der Waals surface area contributed by atoms with E-state index in [4.69, 9.17) is 11.6 Å². The van der Waals surface area contributed by atoms with E-state index in [1.54, 1.807) is 24.3 Å². The van der Waals surface area contributed by atoms with E-state index < -0.39 is 0 Å². The van der Waals surface area contributed by atoms with Crippen LogP contribution in [0.4, 0.5) is 5.69 Å². The third kappa shape index (κ3) is 5.98. The maximum absolute atomic E-state index is 12.3. The lowest BCUT2D eigenvalue weighted by Crippen LogP contribution is -2.14. The highest BCUT2D eigenvalue weighted by molar-refractivity contribution is 8.00. The van der Waals surface area contributed by atoms with Gasteiger partial charge < -0.3 is 5.32 Å². The fourth-order valence-electron chi connectivity index (χ4n) is 2.52. The lowest BCUT2D eigenvalue weighted by Gasteiger charge is -2.08. The Morgan fingerprint density at radius 2 is 1.63 bits per heavy atom. The average Bonchev–Trinajstić information content (AvgIpc) is 2.67. The molecular weight excluding hydrogens is 378 g/mol. The second-order valence-electron chi connectivity index (χ2n) is 5.96. The number of hydrogen-bond acceptors (Lipinski definition) is 3. The van der Waals surface area contributed by atoms with Crippen molar-refractivity contribution in [1.82, 2.24) is 0 Å². The maximum Gasteiger partial charge on any atom is 0.228 e. The number of nitrogens with one attached hydrogen (secondary N) is 1. The molecule has 0 radical (unpaired) electrons. The molecule has 1 amide bonds. The van der Waals surface area contributed by atoms with Crippen molar-refractivity contribution in [2.24, 2.45) is 0 Å². The average molecular weight is 396 g/mol. The molecule has 0 saturated carbocycles. The van der Waals surface area contributed by atoms with E-state index in [1.165, 1.54) is 11.8 Å². The van der Waals surface area contributed by atoms with Crippen LogP contribution >= 0.6 is 23.4 Å². The van der Waals surface area contributed by atoms with Gasteiger partial charge in [0.1, 0.15) is 0 Å². The van der Waals surface area contributed by atoms with Crippen molar-refractivity contribution in [1.29, 1.82) is 0 Å². The molecule has 136 valence electrons. The van der Waals surface area contributed by atoms with Gasteiger partial charge in [0.15, 0.2) is 5.78 Å². The van der Waals surface area contributed by atoms with Gasteiger partial charge in [0.2, 0.25) is 5.91 Å². The van der Waals surface area contributed by atoms with Crippen LogP contribution < -0.4 is 5.32 Å². The Labute approximate surface area is 167 Å². The van der Waals surface area contributed by atoms with E-state index >= 15 is 0 Å². The fourth-order valence-corrected chi connectivity index (χ4v) is 3.49. The van der Waals surface area contributed by atoms with Crippen LogP contribution in [0.15, 0.2) is 83.8 Å². The van der Waals surface area contributed by atoms with E-state index in [0.29, 0.717) is 22.8 Å². The molecule has 0 saturated heterocycles. The zero-order valence-electron chi connectivity index (χ0n) is 14.5. The minimum atomic E-state index is -0.0689. The van der Waals surface area contributed by atoms with Gasteiger partial charge in [-0.2, -0.15) is 0 Å². The van der Waals surface area contributed by atoms with Crippen LogP contribution in [0, 0.1) is 0 Å². The van der Waals surface area contributed by atoms with Crippen LogP contribution in [0.1, 0.15) is 15.9 Å². The normalized spacial score (nSPS) is 10.4. The molecule has 0 unspecified atom stereocenters. The summed E-state index contributed by atoms with van der Waals surface area (Å²) in [6, 6.07) is 24.0. The number of thioether (sulfide) groups is 1. The van der Waals surface area contributed by atoms with Crippen LogP contribution in [0.2, 0.25) is 5.02 Å². The van der Waals surface area contributed by atoms with Crippen molar-refractivity contribution < 1.29 is 9.59 Å². The highest BCUT2D eigenvalue weighted by Gasteiger charge is 2.08. The summed E-state index contributed by atoms with van der Waals surface area (Å²) in [4.78, 5) is 25.4. The molecule has 3 rings (SSSR count). The molecule has 0 fully saturated rings. The number of carbonyl (C=O) groups excluding carboxylic acids is 2. The third-order valence-electron chi connectivity index (χ3n) is 3.86. The molecule has 27 heavy (non-hydrogen) atoms. The first-order chi connectivity index (χ1) is 13.1. The van der Waals surface area contributed by atoms with E-state index in [2.05, 4.69) is 5.32 Å². The number of amides is 1. The predicted octanol–water partition coefficient (Wildman–Crippen LogP) is 5.50. The lowest BCUT2D eigenvalue weighted by molar-refractivity contribution is -0.115. The summed E-state index contributed by atoms with van der Waals surface area (Å²) in [5.41, 5.74) is 2.33. The summed E-state index contributed by atoms with van der Waals surface area (Å²) < 4.78 is 0. The standard InChI is InChI=1S/C22H18ClNO2S/c23-18-11-9-17(10-12-18)21(25)15-27-20-8-4-7-19(14-20)24-22(26)13-16-5-2-1-3-6-16/h1-12,14H,13,15H2,(H,24,26). The van der Waals surface area contributed by atoms with E-state index in [0.717, 1.165) is 16.1 Å². The van der Waals surface area contributed by atoms with Crippen LogP contribution in [0.3, 0.4) is 0 Å². The number of anilines is 1. The van der Waals surface area contributed by atoms with Gasteiger partial charge in [0.05, 0.1) is 12.2 Å². The Hall–Kier alpha value is -2.56. The van der Waals surface area contributed by atoms with E-state index in [-0.39, 0.29) is 11.7 Å². The van der Waals surface area contributed by atoms with Gasteiger partial charge in [-0.25, -0.2) is 0 Å². The highest BCUT2D eigenvalue weighted by atomic mass is 35.5. The van der Waals surface area contributed by atoms with Crippen molar-refractivity contribution in [2.45, 2.75) is 11.3 Å². The minimum Gasteiger partial charge on any atom is -0.326 e. The number of halogens is 1. The molecular formula is C22H18ClNO2S. The molecule has 0 aromatic heterocycles. The smallest absolute Gasteiger partial charge is 0.228 e. The Morgan fingerprint density at radius 3 is 2.37 bits per heavy atom. The predicted molar refractivity (Wildman–Crippen MR) is 112 cm³/mol. The summed E-state index contributed by atoms with van der Waals surface area (Å²) >= 11 is 7.29. The molecule has 0 spiro atoms. The Morgan fingerprint density at radius 1 is 0.889 bits per heavy atom. The molecule has 5 heteroatoms. The van der Waals surface area contributed by atoms with E-state index in [1.807, 2.05) is 54.6 Å². The molecule has 0 atom stereocenters. The van der Waals surface area contributed by atoms with Gasteiger partial charge in [0, 0.05) is 21.2 Å². The monoisotopic (exact) mass is 395 g/mol. The topological polar surface area (TPSA) is 46.2 Å². The molecule has 3 aromatic carbocycles. The summed E-state index contributed by atoms with van der Waals surface area (Å²) in [6.45, 7) is 0. The van der Waals surface area contributed by atoms with Crippen LogP contribution in [-0.2, 0) is 11.2 Å². The first-order valence-corrected chi connectivity index (χ1v) is 9.82. The third-order valence-corrected chi connectivity index (χ3v) is 5.11. The van der Waals surface area contributed by atoms with Gasteiger partial charge in [-0.15, -0.1) is 11.8 Å². The Kier molecular flexibility index (Phi) is 6.69. The van der Waals surface area contributed by atoms with Crippen molar-refractivity contribution >= 4 is 40.7 Å². The summed E-state index contributed by atoms with van der Waals surface area (Å²) in [7, 11) is 0. The molecule has 0 aliphatic heterocycles. The van der Waals surface area contributed by atoms with Crippen LogP contribution in [0.25, 0.3) is 0 Å². The summed E-state index contributed by atoms with van der Waals surface area (Å²) in [6.07, 6.45) is 0.327. The van der Waals surface area contributed by atoms with Gasteiger partial charge in [-0.3, -0.25) is 9.59 Å². The molecule has 0 bridgehead atoms. The number of hydrogen-bond donors (Lipinski definition) is 1. The maximum atomic E-state index is 12.3. The van der Waals surface area contributed by atoms with Gasteiger partial charge in [0.25, 0.3) is 0 Å². The molecule has 0 heterocycles. The quantitative estimate of drug-likeness (QED) is 0.424. The number of benzene rings is 3. The Balaban J connectivity index is 1.56. The largest absolute Gasteiger partial charge is 0.326 e. The van der Waals surface area contributed by atoms with E-state index in [9.17, 15) is 9.59 Å². The molecule has 0 aliphatic carbocycles. The van der Waals surface area contributed by atoms with Crippen molar-refractivity contribution in [3.8, 4) is 0 Å². The number of rotatable bonds is 7. The SMILES string of the molecule is O=C(Cc1ccccc1)Nc1cccc(SCC(=O)c2ccc(Cl)cc2)c1. The van der Waals surface area contributed by atoms with Gasteiger partial charge >= 0.3 is 0 Å². The lowest BCUT2D eigenvalue weighted by atomic mass is 10.1. The minimum absolute atomic E-state index is 0.0372. The second-order valence-corrected chi connectivity index (χ2v) is 7.44. The van der Waals surface area contributed by atoms with Crippen molar-refractivity contribution in [3.05, 3.63) is 95.0 Å². The van der Waals surface area contributed by atoms with Gasteiger partial charge in [-0.05, 0) is 48.0 Å². The number of Topliss-reactive ketones (excluding diaryl/α,β-unsaturated/α-hetero) is 1. The van der Waals surface area contributed by atoms with Crippen molar-refractivity contribution in [2.75, 3.05) is 11.1 Å². The zero-order chi connectivity index (χ0) is 19.1. The van der Waals surface area contributed by atoms with Crippen LogP contribution in [0.5, 0.6) is 0 Å². The first-order valence-electron chi connectivity index (χ1n) is 8.45. The van der Waals surface area contributed by atoms with Crippen LogP contribution in [-0.4, -0.2) is 17.4 Å². The molecule has 0 aliphatic rings. The summed E-state index contributed by atoms with van der Waals surface area (Å²) in [5, 5.41) is 3.51. The fraction of sp³-hybridized carbons (Fsp3) is 0.0909. The number of carbonyl (C=O) groups is 2. The number of ketones is 1. The zero-order valence-corrected chi connectivity index (χ0v) is 16.1. The second kappa shape index (κ2) is 9.40.